The molecule has 0 radical (unpaired) electrons. The van der Waals surface area contributed by atoms with Gasteiger partial charge in [-0.25, -0.2) is 4.99 Å². The molecule has 10 heteroatoms. The van der Waals surface area contributed by atoms with Crippen molar-refractivity contribution < 1.29 is 23.8 Å². The summed E-state index contributed by atoms with van der Waals surface area (Å²) < 4.78 is 16.7. The van der Waals surface area contributed by atoms with Crippen molar-refractivity contribution in [1.82, 2.24) is 4.90 Å². The fraction of sp³-hybridized carbons (Fsp3) is 0.233. The summed E-state index contributed by atoms with van der Waals surface area (Å²) >= 11 is 7.85. The van der Waals surface area contributed by atoms with Crippen molar-refractivity contribution >= 4 is 57.8 Å². The predicted octanol–water partition coefficient (Wildman–Crippen LogP) is 6.70. The molecule has 8 nitrogen and oxygen atoms in total. The fourth-order valence-electron chi connectivity index (χ4n) is 3.83. The number of nitrogens with zero attached hydrogens (tertiary/aromatic N) is 2. The van der Waals surface area contributed by atoms with Crippen LogP contribution in [0.5, 0.6) is 17.2 Å². The number of benzene rings is 3. The Morgan fingerprint density at radius 3 is 2.45 bits per heavy atom. The maximum Gasteiger partial charge on any atom is 0.266 e. The SMILES string of the molecule is CCOc1cc(/C=C2/SC(=Nc3ccc(OC)cc3)N(CC)C2=O)cc(Cl)c1OCC(=O)Nc1ccc(C)cc1. The van der Waals surface area contributed by atoms with E-state index >= 15 is 0 Å². The second-order valence-electron chi connectivity index (χ2n) is 8.72. The average Bonchev–Trinajstić information content (AvgIpc) is 3.23. The number of likely N-dealkylation sites (N-methyl/N-ethyl adjacent to an activating group) is 1. The zero-order chi connectivity index (χ0) is 28.6. The van der Waals surface area contributed by atoms with Crippen molar-refractivity contribution in [2.45, 2.75) is 20.8 Å². The van der Waals surface area contributed by atoms with E-state index < -0.39 is 0 Å². The molecule has 0 saturated carbocycles. The molecule has 1 aliphatic rings. The first kappa shape index (κ1) is 29.0. The molecule has 0 spiro atoms. The minimum Gasteiger partial charge on any atom is -0.497 e. The number of nitrogens with one attached hydrogen (secondary N) is 1. The zero-order valence-electron chi connectivity index (χ0n) is 22.7. The van der Waals surface area contributed by atoms with Gasteiger partial charge in [-0.1, -0.05) is 29.3 Å². The Bertz CT molecular complexity index is 1440. The predicted molar refractivity (Wildman–Crippen MR) is 161 cm³/mol. The minimum absolute atomic E-state index is 0.151. The number of hydrogen-bond donors (Lipinski definition) is 1. The lowest BCUT2D eigenvalue weighted by atomic mass is 10.1. The maximum absolute atomic E-state index is 13.2. The van der Waals surface area contributed by atoms with E-state index in [-0.39, 0.29) is 29.2 Å². The Hall–Kier alpha value is -3.95. The number of thioether (sulfide) groups is 1. The van der Waals surface area contributed by atoms with Crippen LogP contribution >= 0.6 is 23.4 Å². The van der Waals surface area contributed by atoms with Gasteiger partial charge in [0.15, 0.2) is 23.3 Å². The van der Waals surface area contributed by atoms with Crippen LogP contribution in [0.3, 0.4) is 0 Å². The highest BCUT2D eigenvalue weighted by Crippen LogP contribution is 2.39. The topological polar surface area (TPSA) is 89.5 Å². The van der Waals surface area contributed by atoms with Crippen LogP contribution in [0.25, 0.3) is 6.08 Å². The largest absolute Gasteiger partial charge is 0.497 e. The van der Waals surface area contributed by atoms with Crippen molar-refractivity contribution in [2.75, 3.05) is 32.2 Å². The number of hydrogen-bond acceptors (Lipinski definition) is 7. The Kier molecular flexibility index (Phi) is 9.74. The lowest BCUT2D eigenvalue weighted by Crippen LogP contribution is -2.28. The number of halogens is 1. The summed E-state index contributed by atoms with van der Waals surface area (Å²) in [6.07, 6.45) is 1.74. The number of rotatable bonds is 10. The highest BCUT2D eigenvalue weighted by molar-refractivity contribution is 8.18. The molecule has 0 aromatic heterocycles. The standard InChI is InChI=1S/C30H30ClN3O5S/c1-5-34-29(36)26(40-30(34)33-22-11-13-23(37-4)14-12-22)17-20-15-24(31)28(25(16-20)38-6-2)39-18-27(35)32-21-9-7-19(3)8-10-21/h7-17H,5-6,18H2,1-4H3,(H,32,35)/b26-17+,33-30?. The lowest BCUT2D eigenvalue weighted by molar-refractivity contribution is -0.122. The van der Waals surface area contributed by atoms with Gasteiger partial charge < -0.3 is 19.5 Å². The maximum atomic E-state index is 13.2. The normalized spacial score (nSPS) is 15.0. The number of methoxy groups -OCH3 is 1. The highest BCUT2D eigenvalue weighted by atomic mass is 35.5. The third-order valence-electron chi connectivity index (χ3n) is 5.81. The van der Waals surface area contributed by atoms with E-state index in [0.29, 0.717) is 45.9 Å². The Morgan fingerprint density at radius 2 is 1.80 bits per heavy atom. The number of anilines is 1. The number of carbonyl (C=O) groups is 2. The van der Waals surface area contributed by atoms with Gasteiger partial charge in [-0.3, -0.25) is 14.5 Å². The summed E-state index contributed by atoms with van der Waals surface area (Å²) in [6, 6.07) is 18.2. The van der Waals surface area contributed by atoms with Crippen molar-refractivity contribution in [3.63, 3.8) is 0 Å². The van der Waals surface area contributed by atoms with E-state index in [0.717, 1.165) is 11.3 Å². The molecule has 2 amide bonds. The van der Waals surface area contributed by atoms with Crippen LogP contribution in [0.15, 0.2) is 70.6 Å². The van der Waals surface area contributed by atoms with Crippen LogP contribution in [-0.2, 0) is 9.59 Å². The number of aliphatic imine (C=N–C) groups is 1. The molecular formula is C30H30ClN3O5S. The van der Waals surface area contributed by atoms with Crippen LogP contribution in [-0.4, -0.2) is 48.8 Å². The molecule has 0 bridgehead atoms. The van der Waals surface area contributed by atoms with Crippen molar-refractivity contribution in [3.8, 4) is 17.2 Å². The fourth-order valence-corrected chi connectivity index (χ4v) is 5.17. The van der Waals surface area contributed by atoms with Crippen molar-refractivity contribution in [1.29, 1.82) is 0 Å². The molecule has 0 atom stereocenters. The van der Waals surface area contributed by atoms with Gasteiger partial charge in [-0.15, -0.1) is 0 Å². The second-order valence-corrected chi connectivity index (χ2v) is 10.1. The molecule has 1 aliphatic heterocycles. The van der Waals surface area contributed by atoms with E-state index in [1.807, 2.05) is 69.3 Å². The van der Waals surface area contributed by atoms with Gasteiger partial charge in [-0.2, -0.15) is 0 Å². The molecule has 1 saturated heterocycles. The summed E-state index contributed by atoms with van der Waals surface area (Å²) in [7, 11) is 1.60. The summed E-state index contributed by atoms with van der Waals surface area (Å²) in [4.78, 5) is 32.4. The molecular weight excluding hydrogens is 550 g/mol. The summed E-state index contributed by atoms with van der Waals surface area (Å²) in [5.74, 6) is 0.882. The first-order valence-corrected chi connectivity index (χ1v) is 13.9. The van der Waals surface area contributed by atoms with E-state index in [2.05, 4.69) is 10.3 Å². The number of amidine groups is 1. The zero-order valence-corrected chi connectivity index (χ0v) is 24.3. The molecule has 1 N–H and O–H groups in total. The van der Waals surface area contributed by atoms with Gasteiger partial charge >= 0.3 is 0 Å². The summed E-state index contributed by atoms with van der Waals surface area (Å²) in [6.45, 7) is 6.29. The van der Waals surface area contributed by atoms with E-state index in [4.69, 9.17) is 25.8 Å². The van der Waals surface area contributed by atoms with Gasteiger partial charge in [0.1, 0.15) is 5.75 Å². The van der Waals surface area contributed by atoms with Gasteiger partial charge in [0.25, 0.3) is 11.8 Å². The number of carbonyl (C=O) groups excluding carboxylic acids is 2. The molecule has 0 unspecified atom stereocenters. The Balaban J connectivity index is 1.53. The Morgan fingerprint density at radius 1 is 1.07 bits per heavy atom. The van der Waals surface area contributed by atoms with Crippen LogP contribution in [0.4, 0.5) is 11.4 Å². The molecule has 3 aromatic rings. The van der Waals surface area contributed by atoms with Crippen LogP contribution in [0.1, 0.15) is 25.0 Å². The van der Waals surface area contributed by atoms with Gasteiger partial charge in [0, 0.05) is 12.2 Å². The van der Waals surface area contributed by atoms with Crippen LogP contribution in [0, 0.1) is 6.92 Å². The third kappa shape index (κ3) is 7.16. The van der Waals surface area contributed by atoms with E-state index in [1.165, 1.54) is 11.8 Å². The van der Waals surface area contributed by atoms with Crippen LogP contribution in [0.2, 0.25) is 5.02 Å². The van der Waals surface area contributed by atoms with Gasteiger partial charge in [0.2, 0.25) is 0 Å². The molecule has 40 heavy (non-hydrogen) atoms. The number of amides is 2. The Labute approximate surface area is 243 Å². The first-order chi connectivity index (χ1) is 19.3. The van der Waals surface area contributed by atoms with Crippen LogP contribution < -0.4 is 19.5 Å². The molecule has 208 valence electrons. The van der Waals surface area contributed by atoms with Gasteiger partial charge in [-0.05, 0) is 92.7 Å². The van der Waals surface area contributed by atoms with E-state index in [1.54, 1.807) is 30.2 Å². The highest BCUT2D eigenvalue weighted by Gasteiger charge is 2.32. The number of ether oxygens (including phenoxy) is 3. The smallest absolute Gasteiger partial charge is 0.266 e. The second kappa shape index (κ2) is 13.4. The third-order valence-corrected chi connectivity index (χ3v) is 7.10. The lowest BCUT2D eigenvalue weighted by Gasteiger charge is -2.15. The van der Waals surface area contributed by atoms with E-state index in [9.17, 15) is 9.59 Å². The molecule has 4 rings (SSSR count). The van der Waals surface area contributed by atoms with Crippen molar-refractivity contribution in [3.05, 3.63) is 81.7 Å². The quantitative estimate of drug-likeness (QED) is 0.269. The first-order valence-electron chi connectivity index (χ1n) is 12.7. The average molecular weight is 580 g/mol. The molecule has 1 heterocycles. The summed E-state index contributed by atoms with van der Waals surface area (Å²) in [5.41, 5.74) is 3.14. The number of aryl methyl sites for hydroxylation is 1. The molecule has 1 fully saturated rings. The molecule has 0 aliphatic carbocycles. The van der Waals surface area contributed by atoms with Gasteiger partial charge in [0.05, 0.1) is 29.3 Å². The molecule has 3 aromatic carbocycles. The van der Waals surface area contributed by atoms with Crippen molar-refractivity contribution in [2.24, 2.45) is 4.99 Å². The monoisotopic (exact) mass is 579 g/mol. The minimum atomic E-state index is -0.329. The summed E-state index contributed by atoms with van der Waals surface area (Å²) in [5, 5.41) is 3.63.